The number of hydrogen-bond acceptors (Lipinski definition) is 2. The van der Waals surface area contributed by atoms with E-state index in [0.29, 0.717) is 17.7 Å². The average Bonchev–Trinajstić information content (AvgIpc) is 3.05. The molecule has 0 saturated carbocycles. The Morgan fingerprint density at radius 1 is 1.00 bits per heavy atom. The largest absolute Gasteiger partial charge is 0.416 e. The van der Waals surface area contributed by atoms with Crippen LogP contribution in [0.25, 0.3) is 11.6 Å². The molecule has 3 rings (SSSR count). The summed E-state index contributed by atoms with van der Waals surface area (Å²) in [4.78, 5) is 8.33. The van der Waals surface area contributed by atoms with Crippen LogP contribution in [0.3, 0.4) is 0 Å². The van der Waals surface area contributed by atoms with Gasteiger partial charge in [0.25, 0.3) is 0 Å². The van der Waals surface area contributed by atoms with Gasteiger partial charge in [0, 0.05) is 38.4 Å². The molecule has 0 N–H and O–H groups in total. The molecule has 0 radical (unpaired) electrons. The summed E-state index contributed by atoms with van der Waals surface area (Å²) in [6.45, 7) is 0.0586. The van der Waals surface area contributed by atoms with E-state index in [-0.39, 0.29) is 12.1 Å². The highest BCUT2D eigenvalue weighted by molar-refractivity contribution is 5.45. The second kappa shape index (κ2) is 5.53. The van der Waals surface area contributed by atoms with Gasteiger partial charge < -0.3 is 9.13 Å². The van der Waals surface area contributed by atoms with E-state index in [1.165, 1.54) is 6.20 Å². The zero-order chi connectivity index (χ0) is 16.6. The van der Waals surface area contributed by atoms with Crippen molar-refractivity contribution in [3.63, 3.8) is 0 Å². The third-order valence-electron chi connectivity index (χ3n) is 3.37. The highest BCUT2D eigenvalue weighted by Crippen LogP contribution is 2.30. The van der Waals surface area contributed by atoms with Crippen LogP contribution in [0.2, 0.25) is 0 Å². The number of rotatable bonds is 3. The van der Waals surface area contributed by atoms with Gasteiger partial charge in [0.05, 0.1) is 5.56 Å². The molecule has 3 aromatic rings. The van der Waals surface area contributed by atoms with Crippen LogP contribution in [0.15, 0.2) is 43.0 Å². The topological polar surface area (TPSA) is 35.6 Å². The number of aromatic nitrogens is 4. The van der Waals surface area contributed by atoms with Crippen LogP contribution in [0.1, 0.15) is 11.1 Å². The van der Waals surface area contributed by atoms with Gasteiger partial charge in [-0.05, 0) is 23.8 Å². The Morgan fingerprint density at radius 3 is 2.35 bits per heavy atom. The average molecular weight is 324 g/mol. The number of benzene rings is 1. The molecule has 2 heterocycles. The van der Waals surface area contributed by atoms with Gasteiger partial charge in [0.1, 0.15) is 5.82 Å². The van der Waals surface area contributed by atoms with Gasteiger partial charge in [0.15, 0.2) is 11.6 Å². The molecular weight excluding hydrogens is 312 g/mol. The van der Waals surface area contributed by atoms with Crippen LogP contribution in [0.4, 0.5) is 17.6 Å². The Hall–Kier alpha value is -2.64. The van der Waals surface area contributed by atoms with Crippen molar-refractivity contribution in [2.24, 2.45) is 7.05 Å². The third-order valence-corrected chi connectivity index (χ3v) is 3.37. The standard InChI is InChI=1S/C15H12F4N4/c1-22-4-2-20-13(22)14-21-3-5-23(14)9-10-6-11(15(17,18)19)8-12(16)7-10/h2-8H,9H2,1H3. The van der Waals surface area contributed by atoms with E-state index in [9.17, 15) is 17.6 Å². The Balaban J connectivity index is 1.97. The Morgan fingerprint density at radius 2 is 1.70 bits per heavy atom. The predicted octanol–water partition coefficient (Wildman–Crippen LogP) is 3.49. The van der Waals surface area contributed by atoms with Crippen LogP contribution in [0, 0.1) is 5.82 Å². The maximum absolute atomic E-state index is 13.5. The van der Waals surface area contributed by atoms with Crippen molar-refractivity contribution in [2.45, 2.75) is 12.7 Å². The van der Waals surface area contributed by atoms with Crippen LogP contribution in [0.5, 0.6) is 0 Å². The lowest BCUT2D eigenvalue weighted by atomic mass is 10.1. The van der Waals surface area contributed by atoms with E-state index in [4.69, 9.17) is 0 Å². The molecule has 1 aromatic carbocycles. The lowest BCUT2D eigenvalue weighted by molar-refractivity contribution is -0.137. The van der Waals surface area contributed by atoms with Gasteiger partial charge in [-0.3, -0.25) is 0 Å². The molecule has 0 atom stereocenters. The molecule has 0 aliphatic carbocycles. The zero-order valence-corrected chi connectivity index (χ0v) is 12.0. The predicted molar refractivity (Wildman–Crippen MR) is 74.9 cm³/mol. The van der Waals surface area contributed by atoms with Crippen molar-refractivity contribution >= 4 is 0 Å². The van der Waals surface area contributed by atoms with Gasteiger partial charge in [0.2, 0.25) is 0 Å². The number of halogens is 4. The molecule has 4 nitrogen and oxygen atoms in total. The first-order valence-corrected chi connectivity index (χ1v) is 6.70. The lowest BCUT2D eigenvalue weighted by Gasteiger charge is -2.11. The summed E-state index contributed by atoms with van der Waals surface area (Å²) in [5.41, 5.74) is -0.808. The summed E-state index contributed by atoms with van der Waals surface area (Å²) >= 11 is 0. The molecule has 120 valence electrons. The zero-order valence-electron chi connectivity index (χ0n) is 12.0. The Bertz CT molecular complexity index is 832. The number of imidazole rings is 2. The monoisotopic (exact) mass is 324 g/mol. The fourth-order valence-corrected chi connectivity index (χ4v) is 2.33. The molecular formula is C15H12F4N4. The molecule has 23 heavy (non-hydrogen) atoms. The minimum Gasteiger partial charge on any atom is -0.331 e. The first-order chi connectivity index (χ1) is 10.8. The Kier molecular flexibility index (Phi) is 3.67. The van der Waals surface area contributed by atoms with E-state index >= 15 is 0 Å². The van der Waals surface area contributed by atoms with Crippen molar-refractivity contribution in [3.05, 3.63) is 59.9 Å². The molecule has 0 aliphatic heterocycles. The van der Waals surface area contributed by atoms with Crippen molar-refractivity contribution in [1.82, 2.24) is 19.1 Å². The third kappa shape index (κ3) is 3.10. The SMILES string of the molecule is Cn1ccnc1-c1nccn1Cc1cc(F)cc(C(F)(F)F)c1. The first-order valence-electron chi connectivity index (χ1n) is 6.70. The molecule has 8 heteroatoms. The highest BCUT2D eigenvalue weighted by Gasteiger charge is 2.31. The van der Waals surface area contributed by atoms with E-state index in [1.807, 2.05) is 0 Å². The second-order valence-electron chi connectivity index (χ2n) is 5.09. The van der Waals surface area contributed by atoms with E-state index < -0.39 is 17.6 Å². The molecule has 0 saturated heterocycles. The summed E-state index contributed by atoms with van der Waals surface area (Å²) in [6.07, 6.45) is 1.88. The van der Waals surface area contributed by atoms with Gasteiger partial charge in [-0.15, -0.1) is 0 Å². The molecule has 0 bridgehead atoms. The van der Waals surface area contributed by atoms with Crippen LogP contribution in [-0.2, 0) is 19.8 Å². The van der Waals surface area contributed by atoms with E-state index in [1.54, 1.807) is 34.8 Å². The van der Waals surface area contributed by atoms with Crippen molar-refractivity contribution in [3.8, 4) is 11.6 Å². The second-order valence-corrected chi connectivity index (χ2v) is 5.09. The quantitative estimate of drug-likeness (QED) is 0.692. The molecule has 0 amide bonds. The highest BCUT2D eigenvalue weighted by atomic mass is 19.4. The van der Waals surface area contributed by atoms with Gasteiger partial charge in [-0.25, -0.2) is 14.4 Å². The summed E-state index contributed by atoms with van der Waals surface area (Å²) < 4.78 is 55.2. The maximum atomic E-state index is 13.5. The summed E-state index contributed by atoms with van der Waals surface area (Å²) in [6, 6.07) is 2.50. The Labute approximate surface area is 129 Å². The summed E-state index contributed by atoms with van der Waals surface area (Å²) in [5, 5.41) is 0. The number of aryl methyl sites for hydroxylation is 1. The van der Waals surface area contributed by atoms with Gasteiger partial charge >= 0.3 is 6.18 Å². The normalized spacial score (nSPS) is 11.9. The van der Waals surface area contributed by atoms with E-state index in [2.05, 4.69) is 9.97 Å². The summed E-state index contributed by atoms with van der Waals surface area (Å²) in [7, 11) is 1.78. The number of alkyl halides is 3. The van der Waals surface area contributed by atoms with Crippen molar-refractivity contribution < 1.29 is 17.6 Å². The van der Waals surface area contributed by atoms with Crippen molar-refractivity contribution in [1.29, 1.82) is 0 Å². The maximum Gasteiger partial charge on any atom is 0.416 e. The van der Waals surface area contributed by atoms with Gasteiger partial charge in [-0.2, -0.15) is 13.2 Å². The minimum absolute atomic E-state index is 0.0586. The molecule has 0 spiro atoms. The first kappa shape index (κ1) is 15.3. The number of hydrogen-bond donors (Lipinski definition) is 0. The smallest absolute Gasteiger partial charge is 0.331 e. The van der Waals surface area contributed by atoms with Crippen LogP contribution >= 0.6 is 0 Å². The summed E-state index contributed by atoms with van der Waals surface area (Å²) in [5.74, 6) is 0.145. The molecule has 0 aliphatic rings. The number of nitrogens with zero attached hydrogens (tertiary/aromatic N) is 4. The molecule has 0 fully saturated rings. The molecule has 0 unspecified atom stereocenters. The molecule has 2 aromatic heterocycles. The minimum atomic E-state index is -4.59. The van der Waals surface area contributed by atoms with Crippen molar-refractivity contribution in [2.75, 3.05) is 0 Å². The van der Waals surface area contributed by atoms with Gasteiger partial charge in [-0.1, -0.05) is 0 Å². The van der Waals surface area contributed by atoms with Crippen LogP contribution < -0.4 is 0 Å². The lowest BCUT2D eigenvalue weighted by Crippen LogP contribution is -2.09. The van der Waals surface area contributed by atoms with Crippen LogP contribution in [-0.4, -0.2) is 19.1 Å². The fourth-order valence-electron chi connectivity index (χ4n) is 2.33. The van der Waals surface area contributed by atoms with E-state index in [0.717, 1.165) is 12.1 Å². The fraction of sp³-hybridized carbons (Fsp3) is 0.200.